The fourth-order valence-electron chi connectivity index (χ4n) is 3.86. The van der Waals surface area contributed by atoms with Gasteiger partial charge in [-0.2, -0.15) is 0 Å². The number of aryl methyl sites for hydroxylation is 1. The molecule has 1 atom stereocenters. The highest BCUT2D eigenvalue weighted by atomic mass is 16.5. The van der Waals surface area contributed by atoms with Crippen molar-refractivity contribution in [2.45, 2.75) is 57.8 Å². The molecule has 4 rings (SSSR count). The Morgan fingerprint density at radius 3 is 2.92 bits per heavy atom. The molecule has 1 aromatic rings. The van der Waals surface area contributed by atoms with Crippen LogP contribution in [0, 0.1) is 0 Å². The molecule has 3 aliphatic rings. The number of likely N-dealkylation sites (tertiary alicyclic amines) is 1. The third-order valence-corrected chi connectivity index (χ3v) is 5.23. The molecule has 4 heterocycles. The van der Waals surface area contributed by atoms with Gasteiger partial charge in [-0.15, -0.1) is 0 Å². The van der Waals surface area contributed by atoms with E-state index in [1.54, 1.807) is 0 Å². The average molecular weight is 332 g/mol. The van der Waals surface area contributed by atoms with E-state index in [0.29, 0.717) is 26.1 Å². The Kier molecular flexibility index (Phi) is 4.26. The second kappa shape index (κ2) is 6.55. The van der Waals surface area contributed by atoms with Crippen LogP contribution in [0.15, 0.2) is 6.33 Å². The number of imidazole rings is 1. The number of fused-ring (bicyclic) bond motifs is 1. The van der Waals surface area contributed by atoms with Gasteiger partial charge in [0.15, 0.2) is 0 Å². The van der Waals surface area contributed by atoms with E-state index < -0.39 is 0 Å². The van der Waals surface area contributed by atoms with Crippen molar-refractivity contribution in [1.29, 1.82) is 0 Å². The summed E-state index contributed by atoms with van der Waals surface area (Å²) in [6.07, 6.45) is 5.85. The van der Waals surface area contributed by atoms with E-state index >= 15 is 0 Å². The highest BCUT2D eigenvalue weighted by Crippen LogP contribution is 2.22. The van der Waals surface area contributed by atoms with E-state index in [4.69, 9.17) is 4.74 Å². The van der Waals surface area contributed by atoms with Crippen LogP contribution in [-0.2, 0) is 34.0 Å². The van der Waals surface area contributed by atoms with Crippen LogP contribution in [0.3, 0.4) is 0 Å². The fraction of sp³-hybridized carbons (Fsp3) is 0.706. The minimum absolute atomic E-state index is 0.102. The molecule has 130 valence electrons. The Labute approximate surface area is 141 Å². The maximum absolute atomic E-state index is 12.7. The van der Waals surface area contributed by atoms with Crippen LogP contribution in [0.4, 0.5) is 0 Å². The van der Waals surface area contributed by atoms with Gasteiger partial charge in [0.25, 0.3) is 5.91 Å². The summed E-state index contributed by atoms with van der Waals surface area (Å²) in [5.41, 5.74) is 2.00. The number of aromatic nitrogens is 2. The molecule has 0 N–H and O–H groups in total. The zero-order valence-electron chi connectivity index (χ0n) is 13.9. The van der Waals surface area contributed by atoms with Crippen molar-refractivity contribution in [3.8, 4) is 0 Å². The van der Waals surface area contributed by atoms with Crippen LogP contribution >= 0.6 is 0 Å². The Hall–Kier alpha value is -1.89. The fourth-order valence-corrected chi connectivity index (χ4v) is 3.86. The molecule has 0 spiro atoms. The predicted octanol–water partition coefficient (Wildman–Crippen LogP) is 0.917. The van der Waals surface area contributed by atoms with E-state index in [2.05, 4.69) is 9.55 Å². The summed E-state index contributed by atoms with van der Waals surface area (Å²) in [7, 11) is 0. The number of rotatable bonds is 3. The Morgan fingerprint density at radius 2 is 2.17 bits per heavy atom. The van der Waals surface area contributed by atoms with Gasteiger partial charge in [0.2, 0.25) is 5.91 Å². The minimum Gasteiger partial charge on any atom is -0.368 e. The topological polar surface area (TPSA) is 67.7 Å². The lowest BCUT2D eigenvalue weighted by Crippen LogP contribution is -2.39. The normalized spacial score (nSPS) is 24.3. The molecule has 0 saturated carbocycles. The van der Waals surface area contributed by atoms with Crippen molar-refractivity contribution >= 4 is 11.8 Å². The third-order valence-electron chi connectivity index (χ3n) is 5.23. The van der Waals surface area contributed by atoms with Gasteiger partial charge in [0.05, 0.1) is 30.8 Å². The molecule has 0 aliphatic carbocycles. The monoisotopic (exact) mass is 332 g/mol. The second-order valence-electron chi connectivity index (χ2n) is 6.87. The van der Waals surface area contributed by atoms with Crippen molar-refractivity contribution < 1.29 is 14.3 Å². The van der Waals surface area contributed by atoms with Gasteiger partial charge in [-0.3, -0.25) is 9.59 Å². The molecule has 0 unspecified atom stereocenters. The van der Waals surface area contributed by atoms with Gasteiger partial charge in [-0.1, -0.05) is 0 Å². The molecule has 24 heavy (non-hydrogen) atoms. The maximum Gasteiger partial charge on any atom is 0.252 e. The van der Waals surface area contributed by atoms with E-state index in [9.17, 15) is 9.59 Å². The first kappa shape index (κ1) is 15.6. The number of amides is 2. The largest absolute Gasteiger partial charge is 0.368 e. The molecule has 2 saturated heterocycles. The molecule has 2 amide bonds. The van der Waals surface area contributed by atoms with Crippen LogP contribution in [-0.4, -0.2) is 57.0 Å². The zero-order chi connectivity index (χ0) is 16.5. The summed E-state index contributed by atoms with van der Waals surface area (Å²) in [4.78, 5) is 32.9. The number of ether oxygens (including phenoxy) is 1. The number of nitrogens with zero attached hydrogens (tertiary/aromatic N) is 4. The van der Waals surface area contributed by atoms with E-state index in [0.717, 1.165) is 56.7 Å². The molecular weight excluding hydrogens is 308 g/mol. The van der Waals surface area contributed by atoms with Gasteiger partial charge >= 0.3 is 0 Å². The minimum atomic E-state index is -0.275. The van der Waals surface area contributed by atoms with Crippen LogP contribution in [0.25, 0.3) is 0 Å². The van der Waals surface area contributed by atoms with Gasteiger partial charge < -0.3 is 19.1 Å². The molecule has 1 aromatic heterocycles. The van der Waals surface area contributed by atoms with Gasteiger partial charge in [-0.05, 0) is 25.7 Å². The highest BCUT2D eigenvalue weighted by molar-refractivity contribution is 5.81. The summed E-state index contributed by atoms with van der Waals surface area (Å²) < 4.78 is 7.70. The molecule has 7 heteroatoms. The lowest BCUT2D eigenvalue weighted by Gasteiger charge is -2.24. The van der Waals surface area contributed by atoms with Gasteiger partial charge in [-0.25, -0.2) is 4.98 Å². The van der Waals surface area contributed by atoms with Crippen molar-refractivity contribution in [2.24, 2.45) is 0 Å². The quantitative estimate of drug-likeness (QED) is 0.825. The first-order chi connectivity index (χ1) is 11.7. The zero-order valence-corrected chi connectivity index (χ0v) is 13.9. The molecule has 0 bridgehead atoms. The number of carbonyl (C=O) groups is 2. The van der Waals surface area contributed by atoms with Gasteiger partial charge in [0, 0.05) is 32.7 Å². The molecule has 0 radical (unpaired) electrons. The van der Waals surface area contributed by atoms with Crippen LogP contribution in [0.1, 0.15) is 43.5 Å². The summed E-state index contributed by atoms with van der Waals surface area (Å²) >= 11 is 0. The van der Waals surface area contributed by atoms with Crippen molar-refractivity contribution in [3.05, 3.63) is 17.7 Å². The predicted molar refractivity (Wildman–Crippen MR) is 85.9 cm³/mol. The van der Waals surface area contributed by atoms with Crippen molar-refractivity contribution in [1.82, 2.24) is 19.4 Å². The molecule has 7 nitrogen and oxygen atoms in total. The highest BCUT2D eigenvalue weighted by Gasteiger charge is 2.31. The van der Waals surface area contributed by atoms with Crippen molar-refractivity contribution in [3.63, 3.8) is 0 Å². The molecular formula is C17H24N4O3. The molecule has 3 aliphatic heterocycles. The summed E-state index contributed by atoms with van der Waals surface area (Å²) in [6, 6.07) is 0. The van der Waals surface area contributed by atoms with Crippen LogP contribution in [0.5, 0.6) is 0 Å². The van der Waals surface area contributed by atoms with E-state index in [1.165, 1.54) is 0 Å². The number of hydrogen-bond donors (Lipinski definition) is 0. The summed E-state index contributed by atoms with van der Waals surface area (Å²) in [5, 5.41) is 0. The van der Waals surface area contributed by atoms with E-state index in [-0.39, 0.29) is 17.9 Å². The van der Waals surface area contributed by atoms with Crippen molar-refractivity contribution in [2.75, 3.05) is 19.7 Å². The Bertz CT molecular complexity index is 636. The lowest BCUT2D eigenvalue weighted by atomic mass is 10.2. The first-order valence-electron chi connectivity index (χ1n) is 8.93. The lowest BCUT2D eigenvalue weighted by molar-refractivity contribution is -0.141. The summed E-state index contributed by atoms with van der Waals surface area (Å²) in [5.74, 6) is 0.308. The third kappa shape index (κ3) is 2.92. The maximum atomic E-state index is 12.7. The van der Waals surface area contributed by atoms with Gasteiger partial charge in [0.1, 0.15) is 6.10 Å². The molecule has 2 fully saturated rings. The second-order valence-corrected chi connectivity index (χ2v) is 6.87. The average Bonchev–Trinajstić information content (AvgIpc) is 3.29. The first-order valence-corrected chi connectivity index (χ1v) is 8.93. The smallest absolute Gasteiger partial charge is 0.252 e. The van der Waals surface area contributed by atoms with Crippen LogP contribution < -0.4 is 0 Å². The van der Waals surface area contributed by atoms with Crippen LogP contribution in [0.2, 0.25) is 0 Å². The standard InChI is InChI=1S/C17H24N4O3/c22-16-5-1-6-19(16)10-13-14-11-20(7-3-8-21(14)12-18-13)17(23)15-4-2-9-24-15/h12,15H,1-11H2/t15-/m0/s1. The van der Waals surface area contributed by atoms with E-state index in [1.807, 2.05) is 16.1 Å². The Balaban J connectivity index is 1.51. The molecule has 0 aromatic carbocycles. The summed E-state index contributed by atoms with van der Waals surface area (Å²) in [6.45, 7) is 4.24. The SMILES string of the molecule is O=C1CCCN1Cc1ncn2c1CN(C(=O)[C@@H]1CCCO1)CCC2. The number of hydrogen-bond acceptors (Lipinski definition) is 4. The Morgan fingerprint density at radius 1 is 1.25 bits per heavy atom. The number of carbonyl (C=O) groups excluding carboxylic acids is 2.